The molecule has 0 atom stereocenters. The highest BCUT2D eigenvalue weighted by Gasteiger charge is 2.39. The van der Waals surface area contributed by atoms with Crippen LogP contribution >= 0.6 is 0 Å². The van der Waals surface area contributed by atoms with Crippen LogP contribution in [0.4, 0.5) is 26.3 Å². The average molecular weight is 472 g/mol. The number of nitrogens with zero attached hydrogens (tertiary/aromatic N) is 2. The SMILES string of the molecule is CC(C)(c1cccc(-c2ccc(F)cc2F)n1)c1cccc(C(F)(F)c2ccc(F)cc2F)n1. The number of alkyl halides is 2. The summed E-state index contributed by atoms with van der Waals surface area (Å²) in [7, 11) is 0. The molecule has 4 rings (SSSR count). The van der Waals surface area contributed by atoms with Gasteiger partial charge in [-0.05, 0) is 62.4 Å². The number of halogens is 6. The van der Waals surface area contributed by atoms with E-state index in [1.807, 2.05) is 0 Å². The highest BCUT2D eigenvalue weighted by Crippen LogP contribution is 2.38. The van der Waals surface area contributed by atoms with Crippen molar-refractivity contribution in [2.75, 3.05) is 0 Å². The Hall–Kier alpha value is -3.68. The van der Waals surface area contributed by atoms with E-state index >= 15 is 8.78 Å². The first-order chi connectivity index (χ1) is 16.0. The number of pyridine rings is 2. The number of hydrogen-bond acceptors (Lipinski definition) is 2. The number of benzene rings is 2. The van der Waals surface area contributed by atoms with Gasteiger partial charge in [0.15, 0.2) is 0 Å². The van der Waals surface area contributed by atoms with Crippen molar-refractivity contribution in [1.82, 2.24) is 9.97 Å². The zero-order valence-electron chi connectivity index (χ0n) is 18.1. The van der Waals surface area contributed by atoms with Gasteiger partial charge >= 0.3 is 5.92 Å². The standard InChI is InChI=1S/C26H18F6N2/c1-25(2,22-6-3-5-21(33-22)17-11-9-15(27)13-19(17)29)23-7-4-8-24(34-23)26(31,32)18-12-10-16(28)14-20(18)30/h3-14H,1-2H3. The van der Waals surface area contributed by atoms with Crippen LogP contribution in [0.5, 0.6) is 0 Å². The van der Waals surface area contributed by atoms with Crippen molar-refractivity contribution < 1.29 is 26.3 Å². The van der Waals surface area contributed by atoms with Crippen LogP contribution in [0, 0.1) is 23.3 Å². The first-order valence-corrected chi connectivity index (χ1v) is 10.2. The normalized spacial score (nSPS) is 12.1. The third-order valence-electron chi connectivity index (χ3n) is 5.58. The Kier molecular flexibility index (Phi) is 5.93. The van der Waals surface area contributed by atoms with Crippen LogP contribution in [0.15, 0.2) is 72.8 Å². The van der Waals surface area contributed by atoms with Crippen LogP contribution < -0.4 is 0 Å². The second kappa shape index (κ2) is 8.59. The van der Waals surface area contributed by atoms with Crippen molar-refractivity contribution in [3.05, 3.63) is 119 Å². The van der Waals surface area contributed by atoms with E-state index in [1.165, 1.54) is 18.2 Å². The molecule has 0 N–H and O–H groups in total. The highest BCUT2D eigenvalue weighted by molar-refractivity contribution is 5.60. The molecule has 2 heterocycles. The van der Waals surface area contributed by atoms with Gasteiger partial charge in [0.2, 0.25) is 0 Å². The van der Waals surface area contributed by atoms with Crippen molar-refractivity contribution in [2.45, 2.75) is 25.2 Å². The lowest BCUT2D eigenvalue weighted by Gasteiger charge is -2.26. The summed E-state index contributed by atoms with van der Waals surface area (Å²) in [5.41, 5.74) is -1.81. The zero-order chi connectivity index (χ0) is 24.7. The maximum absolute atomic E-state index is 15.1. The Morgan fingerprint density at radius 2 is 1.18 bits per heavy atom. The van der Waals surface area contributed by atoms with Crippen molar-refractivity contribution in [2.24, 2.45) is 0 Å². The summed E-state index contributed by atoms with van der Waals surface area (Å²) in [5.74, 6) is -7.69. The molecule has 2 nitrogen and oxygen atoms in total. The fourth-order valence-electron chi connectivity index (χ4n) is 3.60. The monoisotopic (exact) mass is 472 g/mol. The molecule has 0 aliphatic carbocycles. The molecule has 34 heavy (non-hydrogen) atoms. The molecule has 0 spiro atoms. The lowest BCUT2D eigenvalue weighted by molar-refractivity contribution is 0.0337. The average Bonchev–Trinajstić information content (AvgIpc) is 2.79. The number of rotatable bonds is 5. The Morgan fingerprint density at radius 3 is 1.82 bits per heavy atom. The van der Waals surface area contributed by atoms with Crippen LogP contribution in [-0.4, -0.2) is 9.97 Å². The van der Waals surface area contributed by atoms with Crippen molar-refractivity contribution in [3.63, 3.8) is 0 Å². The molecule has 2 aromatic heterocycles. The van der Waals surface area contributed by atoms with E-state index in [4.69, 9.17) is 0 Å². The predicted molar refractivity (Wildman–Crippen MR) is 115 cm³/mol. The maximum Gasteiger partial charge on any atom is 0.317 e. The van der Waals surface area contributed by atoms with Gasteiger partial charge in [0.25, 0.3) is 0 Å². The number of aromatic nitrogens is 2. The van der Waals surface area contributed by atoms with Crippen LogP contribution in [0.3, 0.4) is 0 Å². The summed E-state index contributed by atoms with van der Waals surface area (Å²) in [6.07, 6.45) is 0. The van der Waals surface area contributed by atoms with E-state index in [0.29, 0.717) is 17.8 Å². The maximum atomic E-state index is 15.1. The topological polar surface area (TPSA) is 25.8 Å². The molecule has 0 aliphatic rings. The quantitative estimate of drug-likeness (QED) is 0.288. The third-order valence-corrected chi connectivity index (χ3v) is 5.58. The predicted octanol–water partition coefficient (Wildman–Crippen LogP) is 7.17. The Labute approximate surface area is 191 Å². The van der Waals surface area contributed by atoms with Gasteiger partial charge in [0.05, 0.1) is 22.6 Å². The summed E-state index contributed by atoms with van der Waals surface area (Å²) in [5, 5.41) is 0. The highest BCUT2D eigenvalue weighted by atomic mass is 19.3. The lowest BCUT2D eigenvalue weighted by Crippen LogP contribution is -2.25. The molecule has 0 saturated heterocycles. The molecular formula is C26H18F6N2. The van der Waals surface area contributed by atoms with Crippen molar-refractivity contribution in [3.8, 4) is 11.3 Å². The fraction of sp³-hybridized carbons (Fsp3) is 0.154. The zero-order valence-corrected chi connectivity index (χ0v) is 18.1. The van der Waals surface area contributed by atoms with Gasteiger partial charge in [-0.3, -0.25) is 9.97 Å². The van der Waals surface area contributed by atoms with E-state index in [0.717, 1.165) is 24.3 Å². The van der Waals surface area contributed by atoms with Gasteiger partial charge in [-0.15, -0.1) is 0 Å². The summed E-state index contributed by atoms with van der Waals surface area (Å²) in [4.78, 5) is 8.55. The van der Waals surface area contributed by atoms with Gasteiger partial charge in [-0.1, -0.05) is 12.1 Å². The van der Waals surface area contributed by atoms with Gasteiger partial charge < -0.3 is 0 Å². The molecule has 0 fully saturated rings. The van der Waals surface area contributed by atoms with E-state index < -0.39 is 45.9 Å². The van der Waals surface area contributed by atoms with Crippen LogP contribution in [0.25, 0.3) is 11.3 Å². The van der Waals surface area contributed by atoms with Crippen LogP contribution in [-0.2, 0) is 11.3 Å². The fourth-order valence-corrected chi connectivity index (χ4v) is 3.60. The second-order valence-corrected chi connectivity index (χ2v) is 8.26. The summed E-state index contributed by atoms with van der Waals surface area (Å²) < 4.78 is 85.0. The molecule has 0 saturated carbocycles. The van der Waals surface area contributed by atoms with Gasteiger partial charge in [0.1, 0.15) is 29.0 Å². The number of hydrogen-bond donors (Lipinski definition) is 0. The summed E-state index contributed by atoms with van der Waals surface area (Å²) >= 11 is 0. The van der Waals surface area contributed by atoms with Crippen molar-refractivity contribution in [1.29, 1.82) is 0 Å². The minimum absolute atomic E-state index is 0.0825. The van der Waals surface area contributed by atoms with Gasteiger partial charge in [-0.25, -0.2) is 17.6 Å². The first-order valence-electron chi connectivity index (χ1n) is 10.2. The van der Waals surface area contributed by atoms with E-state index in [1.54, 1.807) is 32.0 Å². The lowest BCUT2D eigenvalue weighted by atomic mass is 9.84. The molecule has 0 bridgehead atoms. The van der Waals surface area contributed by atoms with E-state index in [9.17, 15) is 17.6 Å². The molecule has 0 aliphatic heterocycles. The Morgan fingerprint density at radius 1 is 0.618 bits per heavy atom. The smallest absolute Gasteiger partial charge is 0.252 e. The van der Waals surface area contributed by atoms with Gasteiger partial charge in [0, 0.05) is 23.1 Å². The van der Waals surface area contributed by atoms with Gasteiger partial charge in [-0.2, -0.15) is 8.78 Å². The van der Waals surface area contributed by atoms with Crippen molar-refractivity contribution >= 4 is 0 Å². The molecule has 4 aromatic rings. The van der Waals surface area contributed by atoms with Crippen LogP contribution in [0.2, 0.25) is 0 Å². The summed E-state index contributed by atoms with van der Waals surface area (Å²) in [6, 6.07) is 13.7. The Bertz CT molecular complexity index is 1370. The van der Waals surface area contributed by atoms with E-state index in [-0.39, 0.29) is 17.0 Å². The van der Waals surface area contributed by atoms with Crippen LogP contribution in [0.1, 0.15) is 36.5 Å². The minimum atomic E-state index is -3.82. The summed E-state index contributed by atoms with van der Waals surface area (Å²) in [6.45, 7) is 3.39. The molecular weight excluding hydrogens is 454 g/mol. The molecule has 2 aromatic carbocycles. The minimum Gasteiger partial charge on any atom is -0.252 e. The van der Waals surface area contributed by atoms with E-state index in [2.05, 4.69) is 9.97 Å². The molecule has 0 unspecified atom stereocenters. The Balaban J connectivity index is 1.75. The molecule has 174 valence electrons. The third kappa shape index (κ3) is 4.27. The first kappa shape index (κ1) is 23.5. The molecule has 0 radical (unpaired) electrons. The molecule has 8 heteroatoms. The molecule has 0 amide bonds. The second-order valence-electron chi connectivity index (χ2n) is 8.26. The largest absolute Gasteiger partial charge is 0.317 e.